The largest absolute Gasteiger partial charge is 0.378 e. The van der Waals surface area contributed by atoms with Crippen LogP contribution in [-0.4, -0.2) is 37.4 Å². The van der Waals surface area contributed by atoms with Crippen LogP contribution in [0.15, 0.2) is 28.8 Å². The van der Waals surface area contributed by atoms with Gasteiger partial charge in [0.05, 0.1) is 13.2 Å². The van der Waals surface area contributed by atoms with Crippen molar-refractivity contribution >= 4 is 17.5 Å². The molecule has 8 heteroatoms. The molecule has 0 bridgehead atoms. The number of para-hydroxylation sites is 1. The molecule has 1 fully saturated rings. The number of hydrogen-bond acceptors (Lipinski definition) is 5. The lowest BCUT2D eigenvalue weighted by Crippen LogP contribution is -2.35. The van der Waals surface area contributed by atoms with Gasteiger partial charge in [0.15, 0.2) is 5.69 Å². The number of amides is 1. The third-order valence-corrected chi connectivity index (χ3v) is 3.25. The molecule has 0 spiro atoms. The highest BCUT2D eigenvalue weighted by molar-refractivity contribution is 6.03. The Morgan fingerprint density at radius 3 is 2.59 bits per heavy atom. The lowest BCUT2D eigenvalue weighted by molar-refractivity contribution is 0.101. The number of carbonyl (C=O) groups excluding carboxylic acids is 1. The molecule has 0 unspecified atom stereocenters. The Kier molecular flexibility index (Phi) is 4.01. The third-order valence-electron chi connectivity index (χ3n) is 3.25. The SMILES string of the molecule is O=C(Nc1c(F)cccc1F)c1cc(N2CCOCC2)on1. The summed E-state index contributed by atoms with van der Waals surface area (Å²) in [6, 6.07) is 4.76. The van der Waals surface area contributed by atoms with E-state index in [-0.39, 0.29) is 5.69 Å². The molecule has 3 rings (SSSR count). The fraction of sp³-hybridized carbons (Fsp3) is 0.286. The normalized spacial score (nSPS) is 14.9. The van der Waals surface area contributed by atoms with Crippen molar-refractivity contribution in [1.29, 1.82) is 0 Å². The Bertz CT molecular complexity index is 663. The average Bonchev–Trinajstić information content (AvgIpc) is 3.02. The number of rotatable bonds is 3. The van der Waals surface area contributed by atoms with E-state index in [1.54, 1.807) is 0 Å². The van der Waals surface area contributed by atoms with E-state index in [2.05, 4.69) is 10.5 Å². The Balaban J connectivity index is 1.74. The van der Waals surface area contributed by atoms with Gasteiger partial charge >= 0.3 is 0 Å². The number of anilines is 2. The molecule has 0 saturated carbocycles. The highest BCUT2D eigenvalue weighted by Gasteiger charge is 2.20. The number of nitrogens with zero attached hydrogens (tertiary/aromatic N) is 2. The summed E-state index contributed by atoms with van der Waals surface area (Å²) in [7, 11) is 0. The van der Waals surface area contributed by atoms with E-state index < -0.39 is 23.2 Å². The van der Waals surface area contributed by atoms with Gasteiger partial charge in [-0.25, -0.2) is 8.78 Å². The zero-order valence-corrected chi connectivity index (χ0v) is 11.5. The second-order valence-corrected chi connectivity index (χ2v) is 4.70. The molecule has 6 nitrogen and oxygen atoms in total. The van der Waals surface area contributed by atoms with Gasteiger partial charge in [0, 0.05) is 19.2 Å². The van der Waals surface area contributed by atoms with E-state index in [1.165, 1.54) is 12.1 Å². The molecular formula is C14H13F2N3O3. The van der Waals surface area contributed by atoms with E-state index in [4.69, 9.17) is 9.26 Å². The van der Waals surface area contributed by atoms with Crippen molar-refractivity contribution in [3.05, 3.63) is 41.6 Å². The maximum atomic E-state index is 13.5. The maximum absolute atomic E-state index is 13.5. The van der Waals surface area contributed by atoms with Gasteiger partial charge in [0.2, 0.25) is 5.88 Å². The van der Waals surface area contributed by atoms with Crippen LogP contribution in [0.1, 0.15) is 10.5 Å². The first-order chi connectivity index (χ1) is 10.6. The van der Waals surface area contributed by atoms with Gasteiger partial charge in [0.25, 0.3) is 5.91 Å². The molecular weight excluding hydrogens is 296 g/mol. The molecule has 116 valence electrons. The molecule has 22 heavy (non-hydrogen) atoms. The minimum Gasteiger partial charge on any atom is -0.378 e. The molecule has 1 aliphatic rings. The number of ether oxygens (including phenoxy) is 1. The lowest BCUT2D eigenvalue weighted by Gasteiger charge is -2.25. The fourth-order valence-corrected chi connectivity index (χ4v) is 2.10. The zero-order valence-electron chi connectivity index (χ0n) is 11.5. The Morgan fingerprint density at radius 1 is 1.23 bits per heavy atom. The minimum absolute atomic E-state index is 0.0517. The van der Waals surface area contributed by atoms with Crippen LogP contribution in [0.2, 0.25) is 0 Å². The Labute approximate surface area is 124 Å². The zero-order chi connectivity index (χ0) is 15.5. The predicted octanol–water partition coefficient (Wildman–Crippen LogP) is 2.04. The summed E-state index contributed by atoms with van der Waals surface area (Å²) >= 11 is 0. The molecule has 0 atom stereocenters. The Morgan fingerprint density at radius 2 is 1.91 bits per heavy atom. The number of nitrogens with one attached hydrogen (secondary N) is 1. The smallest absolute Gasteiger partial charge is 0.278 e. The summed E-state index contributed by atoms with van der Waals surface area (Å²) < 4.78 is 37.3. The van der Waals surface area contributed by atoms with Gasteiger partial charge in [-0.15, -0.1) is 0 Å². The van der Waals surface area contributed by atoms with Crippen LogP contribution in [0, 0.1) is 11.6 Å². The van der Waals surface area contributed by atoms with Gasteiger partial charge in [-0.2, -0.15) is 0 Å². The van der Waals surface area contributed by atoms with Crippen LogP contribution in [0.4, 0.5) is 20.4 Å². The van der Waals surface area contributed by atoms with Crippen LogP contribution >= 0.6 is 0 Å². The lowest BCUT2D eigenvalue weighted by atomic mass is 10.2. The van der Waals surface area contributed by atoms with Crippen molar-refractivity contribution in [2.45, 2.75) is 0 Å². The van der Waals surface area contributed by atoms with Crippen LogP contribution in [0.3, 0.4) is 0 Å². The maximum Gasteiger partial charge on any atom is 0.278 e. The number of carbonyl (C=O) groups is 1. The number of halogens is 2. The van der Waals surface area contributed by atoms with Crippen molar-refractivity contribution < 1.29 is 22.8 Å². The predicted molar refractivity (Wildman–Crippen MR) is 73.8 cm³/mol. The van der Waals surface area contributed by atoms with E-state index in [1.807, 2.05) is 4.90 Å². The molecule has 1 N–H and O–H groups in total. The number of benzene rings is 1. The summed E-state index contributed by atoms with van der Waals surface area (Å²) in [6.07, 6.45) is 0. The second kappa shape index (κ2) is 6.10. The second-order valence-electron chi connectivity index (χ2n) is 4.70. The van der Waals surface area contributed by atoms with Crippen LogP contribution < -0.4 is 10.2 Å². The molecule has 0 aliphatic carbocycles. The van der Waals surface area contributed by atoms with Crippen molar-refractivity contribution in [3.8, 4) is 0 Å². The van der Waals surface area contributed by atoms with Crippen LogP contribution in [-0.2, 0) is 4.74 Å². The summed E-state index contributed by atoms with van der Waals surface area (Å²) in [5.41, 5.74) is -0.562. The van der Waals surface area contributed by atoms with Crippen molar-refractivity contribution in [2.75, 3.05) is 36.5 Å². The van der Waals surface area contributed by atoms with Gasteiger partial charge in [-0.05, 0) is 12.1 Å². The van der Waals surface area contributed by atoms with E-state index >= 15 is 0 Å². The van der Waals surface area contributed by atoms with Gasteiger partial charge in [0.1, 0.15) is 17.3 Å². The third kappa shape index (κ3) is 2.91. The van der Waals surface area contributed by atoms with Gasteiger partial charge < -0.3 is 19.5 Å². The minimum atomic E-state index is -0.856. The van der Waals surface area contributed by atoms with E-state index in [9.17, 15) is 13.6 Å². The molecule has 1 saturated heterocycles. The monoisotopic (exact) mass is 309 g/mol. The van der Waals surface area contributed by atoms with Gasteiger partial charge in [-0.3, -0.25) is 4.79 Å². The summed E-state index contributed by atoms with van der Waals surface area (Å²) in [5.74, 6) is -2.04. The number of hydrogen-bond donors (Lipinski definition) is 1. The molecule has 1 amide bonds. The van der Waals surface area contributed by atoms with Gasteiger partial charge in [-0.1, -0.05) is 11.2 Å². The highest BCUT2D eigenvalue weighted by atomic mass is 19.1. The number of morpholine rings is 1. The van der Waals surface area contributed by atoms with Crippen molar-refractivity contribution in [3.63, 3.8) is 0 Å². The first-order valence-electron chi connectivity index (χ1n) is 6.70. The van der Waals surface area contributed by atoms with E-state index in [0.29, 0.717) is 32.2 Å². The first-order valence-corrected chi connectivity index (χ1v) is 6.70. The first kappa shape index (κ1) is 14.5. The van der Waals surface area contributed by atoms with Crippen molar-refractivity contribution in [1.82, 2.24) is 5.16 Å². The topological polar surface area (TPSA) is 67.6 Å². The molecule has 1 aromatic heterocycles. The molecule has 2 heterocycles. The van der Waals surface area contributed by atoms with Crippen LogP contribution in [0.25, 0.3) is 0 Å². The Hall–Kier alpha value is -2.48. The quantitative estimate of drug-likeness (QED) is 0.940. The summed E-state index contributed by atoms with van der Waals surface area (Å²) in [4.78, 5) is 13.9. The average molecular weight is 309 g/mol. The number of aromatic nitrogens is 1. The standard InChI is InChI=1S/C14H13F2N3O3/c15-9-2-1-3-10(16)13(9)17-14(20)11-8-12(22-18-11)19-4-6-21-7-5-19/h1-3,8H,4-7H2,(H,17,20). The summed E-state index contributed by atoms with van der Waals surface area (Å²) in [6.45, 7) is 2.36. The van der Waals surface area contributed by atoms with E-state index in [0.717, 1.165) is 12.1 Å². The highest BCUT2D eigenvalue weighted by Crippen LogP contribution is 2.21. The molecule has 1 aromatic carbocycles. The molecule has 1 aliphatic heterocycles. The van der Waals surface area contributed by atoms with Crippen LogP contribution in [0.5, 0.6) is 0 Å². The molecule has 0 radical (unpaired) electrons. The summed E-state index contributed by atoms with van der Waals surface area (Å²) in [5, 5.41) is 5.79. The fourth-order valence-electron chi connectivity index (χ4n) is 2.10. The molecule has 2 aromatic rings. The van der Waals surface area contributed by atoms with Crippen molar-refractivity contribution in [2.24, 2.45) is 0 Å².